The van der Waals surface area contributed by atoms with E-state index in [1.54, 1.807) is 4.68 Å². The molecule has 1 aliphatic carbocycles. The highest BCUT2D eigenvalue weighted by molar-refractivity contribution is 6.17. The summed E-state index contributed by atoms with van der Waals surface area (Å²) >= 11 is 5.76. The Balaban J connectivity index is 2.14. The van der Waals surface area contributed by atoms with E-state index in [0.29, 0.717) is 17.6 Å². The first kappa shape index (κ1) is 14.4. The second-order valence-corrected chi connectivity index (χ2v) is 5.50. The van der Waals surface area contributed by atoms with Crippen LogP contribution in [0.4, 0.5) is 0 Å². The first-order valence-corrected chi connectivity index (χ1v) is 7.60. The van der Waals surface area contributed by atoms with Gasteiger partial charge in [0.05, 0.1) is 5.69 Å². The van der Waals surface area contributed by atoms with Crippen molar-refractivity contribution in [3.8, 4) is 0 Å². The fraction of sp³-hybridized carbons (Fsp3) is 0.714. The molecule has 0 aromatic carbocycles. The van der Waals surface area contributed by atoms with Gasteiger partial charge in [-0.2, -0.15) is 5.10 Å². The molecule has 19 heavy (non-hydrogen) atoms. The lowest BCUT2D eigenvalue weighted by molar-refractivity contribution is 0.0569. The van der Waals surface area contributed by atoms with Gasteiger partial charge >= 0.3 is 0 Å². The minimum atomic E-state index is 0.101. The monoisotopic (exact) mass is 283 g/mol. The van der Waals surface area contributed by atoms with Gasteiger partial charge in [-0.25, -0.2) is 0 Å². The number of alkyl halides is 1. The average Bonchev–Trinajstić information content (AvgIpc) is 2.72. The molecule has 0 unspecified atom stereocenters. The number of halogens is 1. The molecule has 0 atom stereocenters. The molecule has 1 aromatic heterocycles. The maximum Gasteiger partial charge on any atom is 0.272 e. The van der Waals surface area contributed by atoms with Crippen molar-refractivity contribution in [3.05, 3.63) is 17.5 Å². The minimum absolute atomic E-state index is 0.101. The maximum atomic E-state index is 12.7. The molecule has 0 bridgehead atoms. The van der Waals surface area contributed by atoms with E-state index >= 15 is 0 Å². The number of hydrogen-bond acceptors (Lipinski definition) is 2. The Hall–Kier alpha value is -1.03. The first-order valence-electron chi connectivity index (χ1n) is 7.07. The Morgan fingerprint density at radius 2 is 2.32 bits per heavy atom. The molecule has 1 saturated carbocycles. The van der Waals surface area contributed by atoms with Crippen LogP contribution in [0.15, 0.2) is 6.07 Å². The van der Waals surface area contributed by atoms with Crippen molar-refractivity contribution in [1.29, 1.82) is 0 Å². The van der Waals surface area contributed by atoms with Gasteiger partial charge in [-0.05, 0) is 38.2 Å². The van der Waals surface area contributed by atoms with Gasteiger partial charge in [-0.3, -0.25) is 9.48 Å². The van der Waals surface area contributed by atoms with Gasteiger partial charge in [0.15, 0.2) is 0 Å². The van der Waals surface area contributed by atoms with Crippen LogP contribution in [0.1, 0.15) is 48.8 Å². The molecule has 0 aliphatic heterocycles. The lowest BCUT2D eigenvalue weighted by atomic mass is 9.91. The lowest BCUT2D eigenvalue weighted by Gasteiger charge is -2.37. The zero-order valence-corrected chi connectivity index (χ0v) is 12.5. The molecule has 1 heterocycles. The minimum Gasteiger partial charge on any atom is -0.334 e. The molecule has 1 fully saturated rings. The summed E-state index contributed by atoms with van der Waals surface area (Å²) in [4.78, 5) is 14.6. The third kappa shape index (κ3) is 3.11. The summed E-state index contributed by atoms with van der Waals surface area (Å²) in [6.07, 6.45) is 5.16. The first-order chi connectivity index (χ1) is 9.17. The van der Waals surface area contributed by atoms with E-state index in [0.717, 1.165) is 37.9 Å². The summed E-state index contributed by atoms with van der Waals surface area (Å²) in [5.41, 5.74) is 1.66. The van der Waals surface area contributed by atoms with Crippen LogP contribution in [0.5, 0.6) is 0 Å². The molecule has 4 nitrogen and oxygen atoms in total. The van der Waals surface area contributed by atoms with Crippen LogP contribution in [0, 0.1) is 0 Å². The third-order valence-electron chi connectivity index (χ3n) is 3.82. The van der Waals surface area contributed by atoms with Crippen LogP contribution in [-0.4, -0.2) is 39.1 Å². The van der Waals surface area contributed by atoms with E-state index < -0.39 is 0 Å². The Morgan fingerprint density at radius 3 is 2.79 bits per heavy atom. The molecule has 0 radical (unpaired) electrons. The Labute approximate surface area is 119 Å². The number of rotatable bonds is 6. The van der Waals surface area contributed by atoms with Gasteiger partial charge in [-0.1, -0.05) is 6.92 Å². The van der Waals surface area contributed by atoms with Crippen LogP contribution >= 0.6 is 11.6 Å². The molecule has 0 N–H and O–H groups in total. The lowest BCUT2D eigenvalue weighted by Crippen LogP contribution is -2.45. The van der Waals surface area contributed by atoms with Gasteiger partial charge in [-0.15, -0.1) is 11.6 Å². The standard InChI is InChI=1S/C14H22ClN3O/c1-3-11-10-13(17(2)16-11)14(19)18(9-5-8-15)12-6-4-7-12/h10,12H,3-9H2,1-2H3. The maximum absolute atomic E-state index is 12.7. The van der Waals surface area contributed by atoms with Gasteiger partial charge < -0.3 is 4.90 Å². The second kappa shape index (κ2) is 6.42. The van der Waals surface area contributed by atoms with Crippen LogP contribution in [0.2, 0.25) is 0 Å². The highest BCUT2D eigenvalue weighted by atomic mass is 35.5. The van der Waals surface area contributed by atoms with Crippen LogP contribution < -0.4 is 0 Å². The van der Waals surface area contributed by atoms with Crippen molar-refractivity contribution >= 4 is 17.5 Å². The summed E-state index contributed by atoms with van der Waals surface area (Å²) in [6.45, 7) is 2.80. The van der Waals surface area contributed by atoms with Crippen molar-refractivity contribution < 1.29 is 4.79 Å². The highest BCUT2D eigenvalue weighted by Gasteiger charge is 2.30. The number of nitrogens with zero attached hydrogens (tertiary/aromatic N) is 3. The predicted molar refractivity (Wildman–Crippen MR) is 76.6 cm³/mol. The largest absolute Gasteiger partial charge is 0.334 e. The fourth-order valence-corrected chi connectivity index (χ4v) is 2.54. The van der Waals surface area contributed by atoms with Crippen molar-refractivity contribution in [1.82, 2.24) is 14.7 Å². The summed E-state index contributed by atoms with van der Waals surface area (Å²) < 4.78 is 1.70. The molecule has 1 amide bonds. The molecule has 5 heteroatoms. The molecule has 1 aromatic rings. The molecule has 2 rings (SSSR count). The SMILES string of the molecule is CCc1cc(C(=O)N(CCCCl)C2CCC2)n(C)n1. The highest BCUT2D eigenvalue weighted by Crippen LogP contribution is 2.26. The number of hydrogen-bond donors (Lipinski definition) is 0. The Kier molecular flexibility index (Phi) is 4.86. The van der Waals surface area contributed by atoms with E-state index in [2.05, 4.69) is 5.10 Å². The average molecular weight is 284 g/mol. The fourth-order valence-electron chi connectivity index (χ4n) is 2.43. The van der Waals surface area contributed by atoms with E-state index in [1.165, 1.54) is 6.42 Å². The van der Waals surface area contributed by atoms with Crippen molar-refractivity contribution in [2.45, 2.75) is 45.1 Å². The van der Waals surface area contributed by atoms with Gasteiger partial charge in [0, 0.05) is 25.5 Å². The number of aryl methyl sites for hydroxylation is 2. The quantitative estimate of drug-likeness (QED) is 0.753. The zero-order valence-electron chi connectivity index (χ0n) is 11.7. The van der Waals surface area contributed by atoms with E-state index in [9.17, 15) is 4.79 Å². The number of amides is 1. The second-order valence-electron chi connectivity index (χ2n) is 5.12. The van der Waals surface area contributed by atoms with Gasteiger partial charge in [0.25, 0.3) is 5.91 Å². The molecule has 1 aliphatic rings. The van der Waals surface area contributed by atoms with Crippen molar-refractivity contribution in [2.75, 3.05) is 12.4 Å². The predicted octanol–water partition coefficient (Wildman–Crippen LogP) is 2.61. The van der Waals surface area contributed by atoms with Crippen LogP contribution in [0.25, 0.3) is 0 Å². The smallest absolute Gasteiger partial charge is 0.272 e. The molecule has 0 saturated heterocycles. The molecule has 0 spiro atoms. The number of aromatic nitrogens is 2. The Bertz CT molecular complexity index is 440. The van der Waals surface area contributed by atoms with Gasteiger partial charge in [0.1, 0.15) is 5.69 Å². The zero-order chi connectivity index (χ0) is 13.8. The normalized spacial score (nSPS) is 15.3. The summed E-state index contributed by atoms with van der Waals surface area (Å²) in [5, 5.41) is 4.36. The number of carbonyl (C=O) groups excluding carboxylic acids is 1. The summed E-state index contributed by atoms with van der Waals surface area (Å²) in [6, 6.07) is 2.31. The number of carbonyl (C=O) groups is 1. The Morgan fingerprint density at radius 1 is 1.58 bits per heavy atom. The molecular weight excluding hydrogens is 262 g/mol. The third-order valence-corrected chi connectivity index (χ3v) is 4.09. The summed E-state index contributed by atoms with van der Waals surface area (Å²) in [7, 11) is 1.84. The van der Waals surface area contributed by atoms with E-state index in [-0.39, 0.29) is 5.91 Å². The van der Waals surface area contributed by atoms with E-state index in [4.69, 9.17) is 11.6 Å². The van der Waals surface area contributed by atoms with Crippen LogP contribution in [-0.2, 0) is 13.5 Å². The van der Waals surface area contributed by atoms with E-state index in [1.807, 2.05) is 24.9 Å². The van der Waals surface area contributed by atoms with Crippen LogP contribution in [0.3, 0.4) is 0 Å². The topological polar surface area (TPSA) is 38.1 Å². The molecular formula is C14H22ClN3O. The van der Waals surface area contributed by atoms with Gasteiger partial charge in [0.2, 0.25) is 0 Å². The summed E-state index contributed by atoms with van der Waals surface area (Å²) in [5.74, 6) is 0.701. The van der Waals surface area contributed by atoms with Crippen molar-refractivity contribution in [2.24, 2.45) is 7.05 Å². The van der Waals surface area contributed by atoms with Crippen molar-refractivity contribution in [3.63, 3.8) is 0 Å². The molecule has 106 valence electrons.